The number of fused-ring (bicyclic) bond motifs is 1. The normalized spacial score (nSPS) is 19.8. The van der Waals surface area contributed by atoms with E-state index >= 15 is 0 Å². The van der Waals surface area contributed by atoms with E-state index in [0.717, 1.165) is 11.1 Å². The van der Waals surface area contributed by atoms with Crippen LogP contribution in [-0.4, -0.2) is 10.5 Å². The molecule has 1 N–H and O–H groups in total. The molecule has 2 aromatic carbocycles. The minimum Gasteiger partial charge on any atom is -0.307 e. The summed E-state index contributed by atoms with van der Waals surface area (Å²) in [6, 6.07) is 15.6. The molecule has 2 aromatic rings. The largest absolute Gasteiger partial charge is 0.307 e. The Morgan fingerprint density at radius 2 is 1.86 bits per heavy atom. The number of nitrogens with zero attached hydrogens (tertiary/aromatic N) is 1. The first kappa shape index (κ1) is 13.8. The predicted molar refractivity (Wildman–Crippen MR) is 82.3 cm³/mol. The molecule has 0 aromatic heterocycles. The van der Waals surface area contributed by atoms with E-state index in [0.29, 0.717) is 6.54 Å². The van der Waals surface area contributed by atoms with Crippen LogP contribution in [0.2, 0.25) is 0 Å². The van der Waals surface area contributed by atoms with Crippen molar-refractivity contribution in [2.75, 3.05) is 0 Å². The monoisotopic (exact) mass is 282 g/mol. The molecule has 3 rings (SSSR count). The van der Waals surface area contributed by atoms with Crippen molar-refractivity contribution in [1.29, 1.82) is 0 Å². The minimum absolute atomic E-state index is 0.0994. The van der Waals surface area contributed by atoms with Gasteiger partial charge in [-0.25, -0.2) is 0 Å². The van der Waals surface area contributed by atoms with Crippen molar-refractivity contribution in [3.8, 4) is 0 Å². The summed E-state index contributed by atoms with van der Waals surface area (Å²) >= 11 is 0. The number of nitrogens with one attached hydrogen (secondary N) is 1. The summed E-state index contributed by atoms with van der Waals surface area (Å²) in [6.07, 6.45) is 0. The lowest BCUT2D eigenvalue weighted by Crippen LogP contribution is -2.48. The van der Waals surface area contributed by atoms with Crippen LogP contribution in [0, 0.1) is 10.1 Å². The summed E-state index contributed by atoms with van der Waals surface area (Å²) in [4.78, 5) is 11.0. The molecule has 0 fully saturated rings. The molecule has 108 valence electrons. The molecule has 1 atom stereocenters. The summed E-state index contributed by atoms with van der Waals surface area (Å²) in [5.41, 5.74) is 3.09. The summed E-state index contributed by atoms with van der Waals surface area (Å²) in [5.74, 6) is 0.0994. The fourth-order valence-electron chi connectivity index (χ4n) is 3.27. The number of hydrogen-bond donors (Lipinski definition) is 1. The fourth-order valence-corrected chi connectivity index (χ4v) is 3.27. The third-order valence-corrected chi connectivity index (χ3v) is 4.27. The van der Waals surface area contributed by atoms with E-state index in [1.165, 1.54) is 5.56 Å². The van der Waals surface area contributed by atoms with E-state index in [1.54, 1.807) is 12.1 Å². The van der Waals surface area contributed by atoms with Gasteiger partial charge in [0.2, 0.25) is 0 Å². The molecular formula is C17H18N2O2. The average molecular weight is 282 g/mol. The summed E-state index contributed by atoms with van der Waals surface area (Å²) in [5, 5.41) is 14.7. The maximum Gasteiger partial charge on any atom is 0.274 e. The van der Waals surface area contributed by atoms with E-state index in [-0.39, 0.29) is 22.1 Å². The molecule has 1 unspecified atom stereocenters. The van der Waals surface area contributed by atoms with Gasteiger partial charge in [0.05, 0.1) is 4.92 Å². The molecule has 1 aliphatic rings. The Morgan fingerprint density at radius 1 is 1.14 bits per heavy atom. The zero-order valence-corrected chi connectivity index (χ0v) is 12.2. The number of hydrogen-bond acceptors (Lipinski definition) is 3. The van der Waals surface area contributed by atoms with Crippen molar-refractivity contribution in [3.63, 3.8) is 0 Å². The highest BCUT2D eigenvalue weighted by atomic mass is 16.6. The lowest BCUT2D eigenvalue weighted by molar-refractivity contribution is -0.385. The lowest BCUT2D eigenvalue weighted by atomic mass is 9.73. The van der Waals surface area contributed by atoms with Crippen LogP contribution in [0.4, 0.5) is 5.69 Å². The van der Waals surface area contributed by atoms with E-state index in [4.69, 9.17) is 0 Å². The van der Waals surface area contributed by atoms with Crippen molar-refractivity contribution < 1.29 is 4.92 Å². The van der Waals surface area contributed by atoms with E-state index in [1.807, 2.05) is 24.3 Å². The Balaban J connectivity index is 2.21. The molecule has 4 nitrogen and oxygen atoms in total. The van der Waals surface area contributed by atoms with Crippen LogP contribution in [0.15, 0.2) is 48.5 Å². The molecule has 0 amide bonds. The maximum atomic E-state index is 11.3. The quantitative estimate of drug-likeness (QED) is 0.676. The zero-order valence-electron chi connectivity index (χ0n) is 12.2. The van der Waals surface area contributed by atoms with Gasteiger partial charge in [-0.05, 0) is 25.0 Å². The fraction of sp³-hybridized carbons (Fsp3) is 0.294. The van der Waals surface area contributed by atoms with Gasteiger partial charge in [-0.1, -0.05) is 42.5 Å². The highest BCUT2D eigenvalue weighted by molar-refractivity contribution is 5.52. The van der Waals surface area contributed by atoms with Gasteiger partial charge in [-0.15, -0.1) is 0 Å². The molecule has 1 aliphatic heterocycles. The molecule has 0 bridgehead atoms. The third kappa shape index (κ3) is 2.32. The van der Waals surface area contributed by atoms with Crippen LogP contribution < -0.4 is 5.32 Å². The van der Waals surface area contributed by atoms with E-state index in [9.17, 15) is 10.1 Å². The van der Waals surface area contributed by atoms with Crippen LogP contribution in [0.3, 0.4) is 0 Å². The van der Waals surface area contributed by atoms with Crippen molar-refractivity contribution >= 4 is 5.69 Å². The van der Waals surface area contributed by atoms with Gasteiger partial charge in [-0.2, -0.15) is 0 Å². The van der Waals surface area contributed by atoms with Crippen LogP contribution >= 0.6 is 0 Å². The zero-order chi connectivity index (χ0) is 15.0. The standard InChI is InChI=1S/C17H18N2O2/c1-17(2)16(12-7-4-3-5-8-12)13-9-6-10-15(19(20)21)14(13)11-18-17/h3-10,16,18H,11H2,1-2H3. The number of nitro benzene ring substituents is 1. The number of nitro groups is 1. The SMILES string of the molecule is CC1(C)NCc2c(cccc2[N+](=O)[O-])C1c1ccccc1. The van der Waals surface area contributed by atoms with Gasteiger partial charge in [-0.3, -0.25) is 10.1 Å². The molecule has 0 radical (unpaired) electrons. The van der Waals surface area contributed by atoms with Crippen molar-refractivity contribution in [2.45, 2.75) is 31.8 Å². The Kier molecular flexibility index (Phi) is 3.26. The minimum atomic E-state index is -0.291. The van der Waals surface area contributed by atoms with Crippen LogP contribution in [0.25, 0.3) is 0 Å². The summed E-state index contributed by atoms with van der Waals surface area (Å²) < 4.78 is 0. The molecule has 1 heterocycles. The first-order valence-corrected chi connectivity index (χ1v) is 7.07. The molecule has 0 aliphatic carbocycles. The third-order valence-electron chi connectivity index (χ3n) is 4.27. The Bertz CT molecular complexity index is 680. The molecule has 4 heteroatoms. The molecule has 21 heavy (non-hydrogen) atoms. The van der Waals surface area contributed by atoms with Gasteiger partial charge in [0, 0.05) is 29.6 Å². The van der Waals surface area contributed by atoms with E-state index < -0.39 is 0 Å². The van der Waals surface area contributed by atoms with Gasteiger partial charge < -0.3 is 5.32 Å². The number of rotatable bonds is 2. The van der Waals surface area contributed by atoms with E-state index in [2.05, 4.69) is 31.3 Å². The highest BCUT2D eigenvalue weighted by Gasteiger charge is 2.38. The van der Waals surface area contributed by atoms with Crippen LogP contribution in [-0.2, 0) is 6.54 Å². The first-order valence-electron chi connectivity index (χ1n) is 7.07. The van der Waals surface area contributed by atoms with Crippen molar-refractivity contribution in [3.05, 3.63) is 75.3 Å². The maximum absolute atomic E-state index is 11.3. The average Bonchev–Trinajstić information content (AvgIpc) is 2.46. The Hall–Kier alpha value is -2.20. The second-order valence-electron chi connectivity index (χ2n) is 6.02. The highest BCUT2D eigenvalue weighted by Crippen LogP contribution is 2.42. The first-order chi connectivity index (χ1) is 10.0. The molecule has 0 saturated carbocycles. The van der Waals surface area contributed by atoms with Crippen LogP contribution in [0.1, 0.15) is 36.5 Å². The Labute approximate surface area is 124 Å². The lowest BCUT2D eigenvalue weighted by Gasteiger charge is -2.41. The Morgan fingerprint density at radius 3 is 2.52 bits per heavy atom. The van der Waals surface area contributed by atoms with Gasteiger partial charge in [0.1, 0.15) is 0 Å². The summed E-state index contributed by atoms with van der Waals surface area (Å²) in [7, 11) is 0. The molecular weight excluding hydrogens is 264 g/mol. The topological polar surface area (TPSA) is 55.2 Å². The number of benzene rings is 2. The van der Waals surface area contributed by atoms with Gasteiger partial charge >= 0.3 is 0 Å². The smallest absolute Gasteiger partial charge is 0.274 e. The molecule has 0 spiro atoms. The van der Waals surface area contributed by atoms with Gasteiger partial charge in [0.25, 0.3) is 5.69 Å². The van der Waals surface area contributed by atoms with Crippen LogP contribution in [0.5, 0.6) is 0 Å². The van der Waals surface area contributed by atoms with Crippen molar-refractivity contribution in [2.24, 2.45) is 0 Å². The van der Waals surface area contributed by atoms with Gasteiger partial charge in [0.15, 0.2) is 0 Å². The van der Waals surface area contributed by atoms with Crippen molar-refractivity contribution in [1.82, 2.24) is 5.32 Å². The predicted octanol–water partition coefficient (Wildman–Crippen LogP) is 3.61. The second-order valence-corrected chi connectivity index (χ2v) is 6.02. The second kappa shape index (κ2) is 4.97. The summed E-state index contributed by atoms with van der Waals surface area (Å²) in [6.45, 7) is 4.82. The molecule has 0 saturated heterocycles.